The molecule has 2 aliphatic carbocycles. The Labute approximate surface area is 171 Å². The molecule has 1 heterocycles. The van der Waals surface area contributed by atoms with Gasteiger partial charge in [-0.05, 0) is 63.2 Å². The number of aromatic nitrogens is 1. The first-order chi connectivity index (χ1) is 13.6. The third-order valence-electron chi connectivity index (χ3n) is 5.83. The zero-order valence-electron chi connectivity index (χ0n) is 17.0. The van der Waals surface area contributed by atoms with Gasteiger partial charge in [-0.2, -0.15) is 0 Å². The Kier molecular flexibility index (Phi) is 6.14. The molecule has 3 rings (SSSR count). The first-order valence-corrected chi connectivity index (χ1v) is 11.6. The first kappa shape index (κ1) is 21.5. The minimum atomic E-state index is -3.59. The van der Waals surface area contributed by atoms with Gasteiger partial charge in [0, 0.05) is 18.8 Å². The van der Waals surface area contributed by atoms with Crippen molar-refractivity contribution in [3.63, 3.8) is 0 Å². The molecule has 1 aromatic rings. The van der Waals surface area contributed by atoms with Gasteiger partial charge in [0.15, 0.2) is 5.78 Å². The lowest BCUT2D eigenvalue weighted by atomic mass is 9.72. The van der Waals surface area contributed by atoms with Crippen molar-refractivity contribution >= 4 is 15.8 Å². The normalized spacial score (nSPS) is 25.4. The van der Waals surface area contributed by atoms with E-state index in [1.807, 2.05) is 6.08 Å². The molecule has 0 spiro atoms. The van der Waals surface area contributed by atoms with Gasteiger partial charge in [0.25, 0.3) is 5.56 Å². The molecule has 1 aromatic heterocycles. The van der Waals surface area contributed by atoms with E-state index in [0.717, 1.165) is 18.4 Å². The highest BCUT2D eigenvalue weighted by molar-refractivity contribution is 7.89. The number of hydrogen-bond acceptors (Lipinski definition) is 5. The van der Waals surface area contributed by atoms with Crippen molar-refractivity contribution in [3.8, 4) is 0 Å². The fourth-order valence-corrected chi connectivity index (χ4v) is 4.83. The number of carbonyl (C=O) groups is 1. The second-order valence-corrected chi connectivity index (χ2v) is 9.94. The highest BCUT2D eigenvalue weighted by Gasteiger charge is 2.36. The number of pyridine rings is 1. The van der Waals surface area contributed by atoms with Gasteiger partial charge in [-0.25, -0.2) is 8.42 Å². The average molecular weight is 421 g/mol. The van der Waals surface area contributed by atoms with E-state index in [4.69, 9.17) is 0 Å². The van der Waals surface area contributed by atoms with Gasteiger partial charge >= 0.3 is 0 Å². The van der Waals surface area contributed by atoms with Gasteiger partial charge in [0.05, 0.1) is 23.5 Å². The number of nitrogens with zero attached hydrogens (tertiary/aromatic N) is 1. The van der Waals surface area contributed by atoms with E-state index in [0.29, 0.717) is 24.0 Å². The summed E-state index contributed by atoms with van der Waals surface area (Å²) in [5, 5.41) is 9.85. The lowest BCUT2D eigenvalue weighted by molar-refractivity contribution is -0.116. The largest absolute Gasteiger partial charge is 0.393 e. The summed E-state index contributed by atoms with van der Waals surface area (Å²) in [4.78, 5) is 25.5. The lowest BCUT2D eigenvalue weighted by Gasteiger charge is -2.33. The molecule has 158 valence electrons. The van der Waals surface area contributed by atoms with E-state index in [1.165, 1.54) is 11.5 Å². The van der Waals surface area contributed by atoms with E-state index in [9.17, 15) is 23.1 Å². The van der Waals surface area contributed by atoms with Crippen LogP contribution in [0, 0.1) is 12.8 Å². The molecule has 0 saturated heterocycles. The molecule has 0 bridgehead atoms. The maximum Gasteiger partial charge on any atom is 0.253 e. The van der Waals surface area contributed by atoms with Crippen molar-refractivity contribution in [3.05, 3.63) is 57.2 Å². The molecule has 1 atom stereocenters. The third kappa shape index (κ3) is 4.53. The second kappa shape index (κ2) is 8.28. The van der Waals surface area contributed by atoms with Crippen LogP contribution < -0.4 is 10.3 Å². The van der Waals surface area contributed by atoms with Gasteiger partial charge in [0.1, 0.15) is 0 Å². The Morgan fingerprint density at radius 2 is 1.83 bits per heavy atom. The number of aryl methyl sites for hydroxylation is 2. The Balaban J connectivity index is 2.06. The molecule has 1 saturated carbocycles. The third-order valence-corrected chi connectivity index (χ3v) is 7.12. The highest BCUT2D eigenvalue weighted by atomic mass is 32.2. The van der Waals surface area contributed by atoms with Crippen molar-refractivity contribution in [1.29, 1.82) is 0 Å². The van der Waals surface area contributed by atoms with E-state index >= 15 is 0 Å². The molecule has 29 heavy (non-hydrogen) atoms. The average Bonchev–Trinajstić information content (AvgIpc) is 2.68. The summed E-state index contributed by atoms with van der Waals surface area (Å²) in [7, 11) is -1.95. The number of sulfonamides is 1. The molecular weight excluding hydrogens is 392 g/mol. The molecule has 2 N–H and O–H groups in total. The van der Waals surface area contributed by atoms with Gasteiger partial charge in [0.2, 0.25) is 10.0 Å². The predicted octanol–water partition coefficient (Wildman–Crippen LogP) is 1.66. The number of carbonyl (C=O) groups excluding carboxylic acids is 1. The summed E-state index contributed by atoms with van der Waals surface area (Å²) in [6, 6.07) is 1.72. The van der Waals surface area contributed by atoms with E-state index in [-0.39, 0.29) is 34.8 Å². The molecule has 0 radical (unpaired) electrons. The van der Waals surface area contributed by atoms with Crippen LogP contribution in [0.15, 0.2) is 40.5 Å². The smallest absolute Gasteiger partial charge is 0.253 e. The molecule has 8 heteroatoms. The number of rotatable bonds is 5. The molecular formula is C21H28N2O5S. The van der Waals surface area contributed by atoms with Crippen LogP contribution in [0.2, 0.25) is 0 Å². The van der Waals surface area contributed by atoms with Crippen LogP contribution in [0.1, 0.15) is 49.7 Å². The van der Waals surface area contributed by atoms with Crippen molar-refractivity contribution in [2.45, 2.75) is 51.6 Å². The van der Waals surface area contributed by atoms with Crippen molar-refractivity contribution in [2.75, 3.05) is 5.75 Å². The van der Waals surface area contributed by atoms with Crippen molar-refractivity contribution < 1.29 is 18.3 Å². The summed E-state index contributed by atoms with van der Waals surface area (Å²) in [6.45, 7) is 3.22. The molecule has 1 unspecified atom stereocenters. The number of allylic oxidation sites excluding steroid dienone is 4. The van der Waals surface area contributed by atoms with Crippen molar-refractivity contribution in [2.24, 2.45) is 13.0 Å². The number of nitrogens with one attached hydrogen (secondary N) is 1. The summed E-state index contributed by atoms with van der Waals surface area (Å²) < 4.78 is 27.9. The van der Waals surface area contributed by atoms with Crippen LogP contribution in [-0.4, -0.2) is 35.7 Å². The van der Waals surface area contributed by atoms with Crippen LogP contribution in [0.5, 0.6) is 0 Å². The van der Waals surface area contributed by atoms with Gasteiger partial charge < -0.3 is 9.67 Å². The maximum absolute atomic E-state index is 13.4. The number of aliphatic hydroxyl groups is 1. The van der Waals surface area contributed by atoms with Crippen LogP contribution >= 0.6 is 0 Å². The van der Waals surface area contributed by atoms with E-state index in [2.05, 4.69) is 4.72 Å². The second-order valence-electron chi connectivity index (χ2n) is 7.93. The molecule has 0 amide bonds. The summed E-state index contributed by atoms with van der Waals surface area (Å²) >= 11 is 0. The fourth-order valence-electron chi connectivity index (χ4n) is 4.18. The zero-order chi connectivity index (χ0) is 21.3. The van der Waals surface area contributed by atoms with Crippen LogP contribution in [-0.2, 0) is 21.9 Å². The molecule has 7 nitrogen and oxygen atoms in total. The minimum Gasteiger partial charge on any atom is -0.393 e. The Bertz CT molecular complexity index is 1000. The quantitative estimate of drug-likeness (QED) is 0.754. The number of Topliss-reactive ketones (excluding diaryl/α,β-unsaturated/α-hetero) is 1. The summed E-state index contributed by atoms with van der Waals surface area (Å²) in [6.07, 6.45) is 7.61. The number of aliphatic hydroxyl groups excluding tert-OH is 1. The van der Waals surface area contributed by atoms with Crippen LogP contribution in [0.3, 0.4) is 0 Å². The standard InChI is InChI=1S/C21H28N2O5S/c1-4-29(27,28)22-18-10-9-17(14-5-7-16(24)8-6-14)19(20(18)25)15-11-13(2)21(26)23(3)12-15/h9-12,14,16,19,22,24H,4-8H2,1-3H3. The molecule has 1 fully saturated rings. The zero-order valence-corrected chi connectivity index (χ0v) is 17.8. The Morgan fingerprint density at radius 3 is 2.41 bits per heavy atom. The van der Waals surface area contributed by atoms with Gasteiger partial charge in [-0.1, -0.05) is 11.6 Å². The number of hydrogen-bond donors (Lipinski definition) is 2. The van der Waals surface area contributed by atoms with Crippen molar-refractivity contribution in [1.82, 2.24) is 9.29 Å². The highest BCUT2D eigenvalue weighted by Crippen LogP contribution is 2.41. The van der Waals surface area contributed by atoms with Crippen LogP contribution in [0.4, 0.5) is 0 Å². The van der Waals surface area contributed by atoms with Gasteiger partial charge in [-0.3, -0.25) is 14.3 Å². The SMILES string of the molecule is CCS(=O)(=O)NC1=CC=C(C2CCC(O)CC2)C(c2cc(C)c(=O)n(C)c2)C1=O. The van der Waals surface area contributed by atoms with E-state index < -0.39 is 15.9 Å². The summed E-state index contributed by atoms with van der Waals surface area (Å²) in [5.74, 6) is -0.965. The monoisotopic (exact) mass is 420 g/mol. The fraction of sp³-hybridized carbons (Fsp3) is 0.524. The lowest BCUT2D eigenvalue weighted by Crippen LogP contribution is -2.35. The minimum absolute atomic E-state index is 0.0444. The van der Waals surface area contributed by atoms with Crippen LogP contribution in [0.25, 0.3) is 0 Å². The van der Waals surface area contributed by atoms with Gasteiger partial charge in [-0.15, -0.1) is 0 Å². The molecule has 0 aromatic carbocycles. The Morgan fingerprint density at radius 1 is 1.17 bits per heavy atom. The molecule has 2 aliphatic rings. The number of ketones is 1. The predicted molar refractivity (Wildman–Crippen MR) is 111 cm³/mol. The summed E-state index contributed by atoms with van der Waals surface area (Å²) in [5.41, 5.74) is 2.03. The Hall–Kier alpha value is -2.19. The maximum atomic E-state index is 13.4. The molecule has 0 aliphatic heterocycles. The first-order valence-electron chi connectivity index (χ1n) is 9.94. The topological polar surface area (TPSA) is 105 Å². The van der Waals surface area contributed by atoms with E-state index in [1.54, 1.807) is 32.3 Å².